The van der Waals surface area contributed by atoms with Crippen LogP contribution in [0.25, 0.3) is 0 Å². The normalized spacial score (nSPS) is 11.7. The minimum absolute atomic E-state index is 0.311. The van der Waals surface area contributed by atoms with E-state index in [0.717, 1.165) is 18.9 Å². The molecular weight excluding hydrogens is 344 g/mol. The molecule has 0 aromatic carbocycles. The van der Waals surface area contributed by atoms with Crippen LogP contribution >= 0.6 is 12.6 Å². The topological polar surface area (TPSA) is 54.4 Å². The van der Waals surface area contributed by atoms with Gasteiger partial charge in [-0.3, -0.25) is 4.79 Å². The molecule has 0 radical (unpaired) electrons. The average molecular weight is 385 g/mol. The lowest BCUT2D eigenvalue weighted by atomic mass is 10.0. The van der Waals surface area contributed by atoms with Crippen molar-refractivity contribution in [2.45, 2.75) is 116 Å². The van der Waals surface area contributed by atoms with Gasteiger partial charge in [0.25, 0.3) is 0 Å². The minimum Gasteiger partial charge on any atom is -0.478 e. The fourth-order valence-electron chi connectivity index (χ4n) is 3.25. The summed E-state index contributed by atoms with van der Waals surface area (Å²) in [7, 11) is 0. The van der Waals surface area contributed by atoms with Crippen molar-refractivity contribution >= 4 is 23.7 Å². The van der Waals surface area contributed by atoms with Crippen molar-refractivity contribution in [3.05, 3.63) is 11.6 Å². The summed E-state index contributed by atoms with van der Waals surface area (Å²) in [4.78, 5) is 21.8. The molecule has 0 bridgehead atoms. The van der Waals surface area contributed by atoms with E-state index in [9.17, 15) is 9.59 Å². The second kappa shape index (κ2) is 19.0. The van der Waals surface area contributed by atoms with Gasteiger partial charge in [-0.15, -0.1) is 12.6 Å². The third kappa shape index (κ3) is 18.0. The molecule has 4 heteroatoms. The first-order valence-electron chi connectivity index (χ1n) is 10.7. The lowest BCUT2D eigenvalue weighted by Gasteiger charge is -2.04. The Morgan fingerprint density at radius 2 is 1.04 bits per heavy atom. The molecule has 0 atom stereocenters. The maximum Gasteiger partial charge on any atom is 0.328 e. The zero-order chi connectivity index (χ0) is 19.5. The smallest absolute Gasteiger partial charge is 0.328 e. The molecule has 0 saturated carbocycles. The highest BCUT2D eigenvalue weighted by Crippen LogP contribution is 2.16. The van der Waals surface area contributed by atoms with Crippen molar-refractivity contribution in [3.63, 3.8) is 0 Å². The van der Waals surface area contributed by atoms with E-state index in [2.05, 4.69) is 19.6 Å². The highest BCUT2D eigenvalue weighted by Gasteiger charge is 2.06. The number of hydrogen-bond acceptors (Lipinski definition) is 2. The van der Waals surface area contributed by atoms with Crippen LogP contribution in [0.1, 0.15) is 116 Å². The Kier molecular flexibility index (Phi) is 18.4. The van der Waals surface area contributed by atoms with E-state index in [-0.39, 0.29) is 0 Å². The summed E-state index contributed by atoms with van der Waals surface area (Å²) in [6.45, 7) is 2.27. The zero-order valence-corrected chi connectivity index (χ0v) is 17.7. The van der Waals surface area contributed by atoms with Gasteiger partial charge in [-0.2, -0.15) is 0 Å². The lowest BCUT2D eigenvalue weighted by molar-refractivity contribution is -0.131. The Morgan fingerprint density at radius 1 is 0.692 bits per heavy atom. The largest absolute Gasteiger partial charge is 0.478 e. The molecule has 3 nitrogen and oxygen atoms in total. The number of carbonyl (C=O) groups is 2. The molecule has 0 heterocycles. The van der Waals surface area contributed by atoms with Gasteiger partial charge >= 0.3 is 5.97 Å². The Labute approximate surface area is 166 Å². The summed E-state index contributed by atoms with van der Waals surface area (Å²) in [5, 5.41) is 8.28. The molecule has 0 amide bonds. The molecule has 152 valence electrons. The van der Waals surface area contributed by atoms with Crippen LogP contribution in [0.5, 0.6) is 0 Å². The van der Waals surface area contributed by atoms with Crippen molar-refractivity contribution in [3.8, 4) is 0 Å². The van der Waals surface area contributed by atoms with E-state index < -0.39 is 11.1 Å². The second-order valence-electron chi connectivity index (χ2n) is 7.37. The SMILES string of the molecule is CCCCCCCCCCCCCCCCCC/C(=C/C(=O)O)C(=O)S. The molecule has 0 spiro atoms. The molecule has 0 aliphatic heterocycles. The number of hydrogen-bond donors (Lipinski definition) is 2. The molecule has 0 fully saturated rings. The average Bonchev–Trinajstić information content (AvgIpc) is 2.59. The Morgan fingerprint density at radius 3 is 1.35 bits per heavy atom. The predicted octanol–water partition coefficient (Wildman–Crippen LogP) is 7.11. The van der Waals surface area contributed by atoms with Crippen LogP contribution in [-0.2, 0) is 9.59 Å². The van der Waals surface area contributed by atoms with Crippen LogP contribution in [0.2, 0.25) is 0 Å². The van der Waals surface area contributed by atoms with Crippen molar-refractivity contribution < 1.29 is 14.7 Å². The summed E-state index contributed by atoms with van der Waals surface area (Å²) >= 11 is 3.73. The summed E-state index contributed by atoms with van der Waals surface area (Å²) in [5.74, 6) is -1.07. The number of carboxylic acids is 1. The van der Waals surface area contributed by atoms with E-state index in [1.807, 2.05) is 0 Å². The fourth-order valence-corrected chi connectivity index (χ4v) is 3.43. The van der Waals surface area contributed by atoms with Gasteiger partial charge in [-0.1, -0.05) is 103 Å². The molecular formula is C22H40O3S. The maximum absolute atomic E-state index is 11.2. The first-order valence-corrected chi connectivity index (χ1v) is 11.2. The van der Waals surface area contributed by atoms with E-state index in [1.54, 1.807) is 0 Å². The highest BCUT2D eigenvalue weighted by atomic mass is 32.1. The number of carbonyl (C=O) groups excluding carboxylic acids is 1. The summed E-state index contributed by atoms with van der Waals surface area (Å²) < 4.78 is 0. The van der Waals surface area contributed by atoms with Crippen LogP contribution < -0.4 is 0 Å². The number of thiol groups is 1. The van der Waals surface area contributed by atoms with Gasteiger partial charge in [-0.25, -0.2) is 4.79 Å². The summed E-state index contributed by atoms with van der Waals surface area (Å²) in [6, 6.07) is 0. The fraction of sp³-hybridized carbons (Fsp3) is 0.818. The van der Waals surface area contributed by atoms with Crippen LogP contribution in [0.4, 0.5) is 0 Å². The van der Waals surface area contributed by atoms with Crippen LogP contribution in [-0.4, -0.2) is 16.2 Å². The van der Waals surface area contributed by atoms with E-state index in [1.165, 1.54) is 89.9 Å². The third-order valence-corrected chi connectivity index (χ3v) is 5.16. The molecule has 0 aliphatic carbocycles. The first-order chi connectivity index (χ1) is 12.6. The van der Waals surface area contributed by atoms with Crippen molar-refractivity contribution in [1.82, 2.24) is 0 Å². The molecule has 0 aliphatic rings. The number of rotatable bonds is 19. The second-order valence-corrected chi connectivity index (χ2v) is 7.77. The summed E-state index contributed by atoms with van der Waals surface area (Å²) in [6.07, 6.45) is 22.4. The molecule has 0 unspecified atom stereocenters. The van der Waals surface area contributed by atoms with Gasteiger partial charge < -0.3 is 5.11 Å². The standard InChI is InChI=1S/C22H40O3S/c1-2-3-4-5-6-7-8-9-10-11-12-13-14-15-16-17-18-20(22(25)26)19-21(23)24/h19H,2-18H2,1H3,(H,23,24)(H,25,26)/b20-19-. The predicted molar refractivity (Wildman–Crippen MR) is 114 cm³/mol. The summed E-state index contributed by atoms with van der Waals surface area (Å²) in [5.41, 5.74) is 0.311. The van der Waals surface area contributed by atoms with Gasteiger partial charge in [-0.05, 0) is 12.8 Å². The number of aliphatic carboxylic acids is 1. The van der Waals surface area contributed by atoms with Crippen molar-refractivity contribution in [1.29, 1.82) is 0 Å². The Balaban J connectivity index is 3.31. The highest BCUT2D eigenvalue weighted by molar-refractivity contribution is 7.97. The molecule has 26 heavy (non-hydrogen) atoms. The quantitative estimate of drug-likeness (QED) is 0.142. The number of unbranched alkanes of at least 4 members (excludes halogenated alkanes) is 15. The van der Waals surface area contributed by atoms with E-state index in [0.29, 0.717) is 12.0 Å². The van der Waals surface area contributed by atoms with Gasteiger partial charge in [0.15, 0.2) is 0 Å². The van der Waals surface area contributed by atoms with Gasteiger partial charge in [0, 0.05) is 11.6 Å². The van der Waals surface area contributed by atoms with Gasteiger partial charge in [0.2, 0.25) is 5.12 Å². The van der Waals surface area contributed by atoms with Crippen LogP contribution in [0, 0.1) is 0 Å². The Bertz CT molecular complexity index is 391. The first kappa shape index (κ1) is 25.2. The third-order valence-electron chi connectivity index (χ3n) is 4.87. The van der Waals surface area contributed by atoms with Gasteiger partial charge in [0.05, 0.1) is 0 Å². The van der Waals surface area contributed by atoms with E-state index >= 15 is 0 Å². The monoisotopic (exact) mass is 384 g/mol. The molecule has 0 rings (SSSR count). The Hall–Kier alpha value is -0.770. The lowest BCUT2D eigenvalue weighted by Crippen LogP contribution is -1.99. The molecule has 0 aromatic rings. The van der Waals surface area contributed by atoms with Gasteiger partial charge in [0.1, 0.15) is 0 Å². The molecule has 1 N–H and O–H groups in total. The van der Waals surface area contributed by atoms with Crippen molar-refractivity contribution in [2.24, 2.45) is 0 Å². The minimum atomic E-state index is -1.07. The van der Waals surface area contributed by atoms with Crippen molar-refractivity contribution in [2.75, 3.05) is 0 Å². The molecule has 0 aromatic heterocycles. The zero-order valence-electron chi connectivity index (χ0n) is 16.8. The van der Waals surface area contributed by atoms with Crippen LogP contribution in [0.15, 0.2) is 11.6 Å². The molecule has 0 saturated heterocycles. The maximum atomic E-state index is 11.2. The number of carboxylic acid groups (broad SMARTS) is 1. The van der Waals surface area contributed by atoms with E-state index in [4.69, 9.17) is 5.11 Å². The van der Waals surface area contributed by atoms with Crippen LogP contribution in [0.3, 0.4) is 0 Å².